The largest absolute Gasteiger partial charge is 1.00 e. The van der Waals surface area contributed by atoms with Crippen molar-refractivity contribution in [3.8, 4) is 0 Å². The fourth-order valence-corrected chi connectivity index (χ4v) is 1.49. The van der Waals surface area contributed by atoms with Crippen LogP contribution in [-0.4, -0.2) is 22.0 Å². The molecule has 100 valence electrons. The number of allylic oxidation sites excluding steroid dienone is 1. The molecular weight excluding hydrogens is 293 g/mol. The number of hydrogen-bond acceptors (Lipinski definition) is 3. The van der Waals surface area contributed by atoms with E-state index in [0.29, 0.717) is 10.6 Å². The van der Waals surface area contributed by atoms with E-state index in [1.807, 2.05) is 0 Å². The van der Waals surface area contributed by atoms with Crippen molar-refractivity contribution >= 4 is 40.7 Å². The first-order valence-corrected chi connectivity index (χ1v) is 5.76. The quantitative estimate of drug-likeness (QED) is 0.360. The molecule has 20 heavy (non-hydrogen) atoms. The third-order valence-corrected chi connectivity index (χ3v) is 2.84. The van der Waals surface area contributed by atoms with Crippen molar-refractivity contribution in [2.45, 2.75) is 12.8 Å². The first kappa shape index (κ1) is 22.0. The summed E-state index contributed by atoms with van der Waals surface area (Å²) in [7, 11) is 0. The van der Waals surface area contributed by atoms with Gasteiger partial charge in [-0.3, -0.25) is 9.59 Å². The smallest absolute Gasteiger partial charge is 1.00 e. The number of rotatable bonds is 5. The maximum absolute atomic E-state index is 11.3. The molecule has 0 aliphatic heterocycles. The van der Waals surface area contributed by atoms with Gasteiger partial charge in [0.15, 0.2) is 5.78 Å². The van der Waals surface area contributed by atoms with Gasteiger partial charge >= 0.3 is 43.7 Å². The maximum Gasteiger partial charge on any atom is 1.00 e. The summed E-state index contributed by atoms with van der Waals surface area (Å²) in [6.07, 6.45) is 0.535. The van der Waals surface area contributed by atoms with E-state index in [9.17, 15) is 14.7 Å². The zero-order valence-electron chi connectivity index (χ0n) is 13.2. The van der Waals surface area contributed by atoms with E-state index < -0.39 is 11.8 Å². The number of aliphatic hydroxyl groups is 1. The monoisotopic (exact) mass is 304 g/mol. The molecule has 0 radical (unpaired) electrons. The van der Waals surface area contributed by atoms with Crippen molar-refractivity contribution < 1.29 is 60.4 Å². The van der Waals surface area contributed by atoms with Gasteiger partial charge < -0.3 is 13.1 Å². The van der Waals surface area contributed by atoms with Crippen LogP contribution in [0.3, 0.4) is 0 Å². The number of aliphatic carboxylic acids is 1. The van der Waals surface area contributed by atoms with Gasteiger partial charge in [0.05, 0.1) is 16.5 Å². The van der Waals surface area contributed by atoms with Crippen molar-refractivity contribution in [2.75, 3.05) is 0 Å². The summed E-state index contributed by atoms with van der Waals surface area (Å²) in [4.78, 5) is 21.6. The molecule has 0 saturated carbocycles. The van der Waals surface area contributed by atoms with Crippen molar-refractivity contribution in [3.05, 3.63) is 39.9 Å². The van der Waals surface area contributed by atoms with Crippen LogP contribution in [0, 0.1) is 0 Å². The number of hydrogen-bond donors (Lipinski definition) is 2. The fourth-order valence-electron chi connectivity index (χ4n) is 1.19. The summed E-state index contributed by atoms with van der Waals surface area (Å²) < 4.78 is 0. The minimum Gasteiger partial charge on any atom is -1.00 e. The second-order valence-electron chi connectivity index (χ2n) is 3.52. The molecule has 0 fully saturated rings. The van der Waals surface area contributed by atoms with E-state index in [2.05, 4.69) is 0 Å². The van der Waals surface area contributed by atoms with Gasteiger partial charge in [-0.2, -0.15) is 0 Å². The standard InChI is InChI=1S/C12H10Cl2O4.2Li.2H/c13-9-3-1-7(5-10(9)14)11(16)6-8(15)2-4-12(17)18;;;;/h1,3,5-6,16H,2,4H2,(H,17,18);;;;/q;2*+1;2*-1/b11-6-;;;;. The van der Waals surface area contributed by atoms with Crippen LogP contribution in [-0.2, 0) is 9.59 Å². The predicted octanol–water partition coefficient (Wildman–Crippen LogP) is -2.44. The summed E-state index contributed by atoms with van der Waals surface area (Å²) in [5.74, 6) is -1.81. The first-order chi connectivity index (χ1) is 8.40. The van der Waals surface area contributed by atoms with Gasteiger partial charge in [-0.25, -0.2) is 0 Å². The molecule has 1 aromatic rings. The number of ketones is 1. The van der Waals surface area contributed by atoms with E-state index in [-0.39, 0.29) is 64.2 Å². The molecule has 0 atom stereocenters. The van der Waals surface area contributed by atoms with Crippen LogP contribution in [0.15, 0.2) is 24.3 Å². The maximum atomic E-state index is 11.3. The average molecular weight is 305 g/mol. The molecule has 0 aliphatic rings. The van der Waals surface area contributed by atoms with Crippen molar-refractivity contribution in [2.24, 2.45) is 0 Å². The molecule has 8 heteroatoms. The molecule has 2 N–H and O–H groups in total. The Bertz CT molecular complexity index is 528. The normalized spacial score (nSPS) is 10.2. The Balaban J connectivity index is -0.000000405. The third kappa shape index (κ3) is 7.46. The summed E-state index contributed by atoms with van der Waals surface area (Å²) in [5, 5.41) is 18.7. The van der Waals surface area contributed by atoms with E-state index >= 15 is 0 Å². The molecule has 0 aromatic heterocycles. The van der Waals surface area contributed by atoms with Crippen LogP contribution in [0.4, 0.5) is 0 Å². The number of halogens is 2. The molecular formula is C12H12Cl2Li2O4. The number of carboxylic acids is 1. The van der Waals surface area contributed by atoms with Gasteiger partial charge in [-0.15, -0.1) is 0 Å². The van der Waals surface area contributed by atoms with Gasteiger partial charge in [0.25, 0.3) is 0 Å². The van der Waals surface area contributed by atoms with E-state index in [4.69, 9.17) is 28.3 Å². The van der Waals surface area contributed by atoms with Gasteiger partial charge in [0.2, 0.25) is 0 Å². The fraction of sp³-hybridized carbons (Fsp3) is 0.167. The summed E-state index contributed by atoms with van der Waals surface area (Å²) in [5.41, 5.74) is 0.341. The topological polar surface area (TPSA) is 74.6 Å². The van der Waals surface area contributed by atoms with Crippen LogP contribution >= 0.6 is 23.2 Å². The Hall–Kier alpha value is -0.325. The zero-order chi connectivity index (χ0) is 13.7. The Kier molecular flexibility index (Phi) is 11.4. The Morgan fingerprint density at radius 1 is 1.10 bits per heavy atom. The summed E-state index contributed by atoms with van der Waals surface area (Å²) in [6, 6.07) is 4.41. The minimum absolute atomic E-state index is 0. The predicted molar refractivity (Wildman–Crippen MR) is 71.2 cm³/mol. The molecule has 0 heterocycles. The minimum atomic E-state index is -1.06. The van der Waals surface area contributed by atoms with Crippen LogP contribution in [0.25, 0.3) is 5.76 Å². The number of benzene rings is 1. The van der Waals surface area contributed by atoms with Gasteiger partial charge in [0, 0.05) is 18.1 Å². The molecule has 0 unspecified atom stereocenters. The molecule has 0 aliphatic carbocycles. The van der Waals surface area contributed by atoms with Gasteiger partial charge in [-0.05, 0) is 18.2 Å². The first-order valence-electron chi connectivity index (χ1n) is 5.01. The van der Waals surface area contributed by atoms with Gasteiger partial charge in [0.1, 0.15) is 5.76 Å². The van der Waals surface area contributed by atoms with E-state index in [0.717, 1.165) is 6.08 Å². The van der Waals surface area contributed by atoms with E-state index in [1.54, 1.807) is 0 Å². The number of aliphatic hydroxyl groups excluding tert-OH is 1. The number of carbonyl (C=O) groups is 2. The Labute approximate surface area is 153 Å². The number of carbonyl (C=O) groups excluding carboxylic acids is 1. The van der Waals surface area contributed by atoms with Crippen LogP contribution in [0.5, 0.6) is 0 Å². The summed E-state index contributed by atoms with van der Waals surface area (Å²) >= 11 is 11.5. The second-order valence-corrected chi connectivity index (χ2v) is 4.33. The molecule has 0 amide bonds. The number of carboxylic acid groups (broad SMARTS) is 1. The Morgan fingerprint density at radius 2 is 1.70 bits per heavy atom. The van der Waals surface area contributed by atoms with Crippen LogP contribution < -0.4 is 37.7 Å². The second kappa shape index (κ2) is 10.4. The molecule has 4 nitrogen and oxygen atoms in total. The van der Waals surface area contributed by atoms with Gasteiger partial charge in [-0.1, -0.05) is 23.2 Å². The van der Waals surface area contributed by atoms with Crippen LogP contribution in [0.1, 0.15) is 21.3 Å². The zero-order valence-corrected chi connectivity index (χ0v) is 12.7. The van der Waals surface area contributed by atoms with Crippen molar-refractivity contribution in [1.29, 1.82) is 0 Å². The molecule has 1 rings (SSSR count). The third-order valence-electron chi connectivity index (χ3n) is 2.10. The molecule has 0 bridgehead atoms. The van der Waals surface area contributed by atoms with Crippen molar-refractivity contribution in [3.63, 3.8) is 0 Å². The Morgan fingerprint density at radius 3 is 2.20 bits per heavy atom. The van der Waals surface area contributed by atoms with Crippen LogP contribution in [0.2, 0.25) is 10.0 Å². The van der Waals surface area contributed by atoms with Crippen molar-refractivity contribution in [1.82, 2.24) is 0 Å². The molecule has 0 spiro atoms. The molecule has 1 aromatic carbocycles. The average Bonchev–Trinajstić information content (AvgIpc) is 2.30. The summed E-state index contributed by atoms with van der Waals surface area (Å²) in [6.45, 7) is 0. The molecule has 0 saturated heterocycles. The van der Waals surface area contributed by atoms with E-state index in [1.165, 1.54) is 18.2 Å². The SMILES string of the molecule is O=C(O)CCC(=O)/C=C(\O)c1ccc(Cl)c(Cl)c1.[H-].[H-].[Li+].[Li+].